The van der Waals surface area contributed by atoms with Gasteiger partial charge in [0.05, 0.1) is 0 Å². The second-order valence-electron chi connectivity index (χ2n) is 4.54. The quantitative estimate of drug-likeness (QED) is 0.637. The molecule has 0 atom stereocenters. The predicted molar refractivity (Wildman–Crippen MR) is 82.3 cm³/mol. The van der Waals surface area contributed by atoms with Crippen LogP contribution >= 0.6 is 0 Å². The van der Waals surface area contributed by atoms with Gasteiger partial charge in [-0.25, -0.2) is 4.99 Å². The van der Waals surface area contributed by atoms with Gasteiger partial charge in [0.15, 0.2) is 0 Å². The van der Waals surface area contributed by atoms with Gasteiger partial charge < -0.3 is 0 Å². The molecule has 1 amide bonds. The smallest absolute Gasteiger partial charge is 0.267 e. The van der Waals surface area contributed by atoms with E-state index >= 15 is 0 Å². The van der Waals surface area contributed by atoms with E-state index in [0.717, 1.165) is 10.9 Å². The molecular formula is C18H13NO. The second kappa shape index (κ2) is 5.49. The molecule has 0 saturated heterocycles. The third kappa shape index (κ3) is 2.64. The normalized spacial score (nSPS) is 11.0. The molecule has 0 bridgehead atoms. The Morgan fingerprint density at radius 2 is 1.50 bits per heavy atom. The summed E-state index contributed by atoms with van der Waals surface area (Å²) >= 11 is 0. The molecule has 0 fully saturated rings. The Kier molecular flexibility index (Phi) is 3.38. The molecule has 3 aromatic carbocycles. The van der Waals surface area contributed by atoms with Crippen LogP contribution in [0.25, 0.3) is 10.8 Å². The van der Waals surface area contributed by atoms with Crippen molar-refractivity contribution in [2.75, 3.05) is 0 Å². The number of nitrogens with zero attached hydrogens (tertiary/aromatic N) is 1. The Morgan fingerprint density at radius 1 is 0.800 bits per heavy atom. The average Bonchev–Trinajstić information content (AvgIpc) is 2.53. The number of hydrogen-bond donors (Lipinski definition) is 0. The van der Waals surface area contributed by atoms with Gasteiger partial charge in [-0.2, -0.15) is 0 Å². The summed E-state index contributed by atoms with van der Waals surface area (Å²) in [6, 6.07) is 23.2. The Morgan fingerprint density at radius 3 is 2.30 bits per heavy atom. The molecule has 0 aliphatic rings. The Labute approximate surface area is 117 Å². The van der Waals surface area contributed by atoms with Gasteiger partial charge >= 0.3 is 0 Å². The van der Waals surface area contributed by atoms with Gasteiger partial charge in [-0.3, -0.25) is 4.79 Å². The lowest BCUT2D eigenvalue weighted by molar-refractivity contribution is 0.100. The maximum atomic E-state index is 11.9. The van der Waals surface area contributed by atoms with Crippen LogP contribution in [0.15, 0.2) is 77.8 Å². The van der Waals surface area contributed by atoms with E-state index in [1.54, 1.807) is 18.3 Å². The van der Waals surface area contributed by atoms with Crippen LogP contribution in [0, 0.1) is 0 Å². The van der Waals surface area contributed by atoms with Crippen molar-refractivity contribution >= 4 is 22.9 Å². The van der Waals surface area contributed by atoms with Crippen molar-refractivity contribution in [1.29, 1.82) is 0 Å². The van der Waals surface area contributed by atoms with Crippen LogP contribution in [0.4, 0.5) is 0 Å². The number of amides is 1. The van der Waals surface area contributed by atoms with Crippen LogP contribution in [0.2, 0.25) is 0 Å². The first kappa shape index (κ1) is 12.3. The highest BCUT2D eigenvalue weighted by Crippen LogP contribution is 2.14. The summed E-state index contributed by atoms with van der Waals surface area (Å²) < 4.78 is 0. The fourth-order valence-corrected chi connectivity index (χ4v) is 2.08. The molecule has 0 radical (unpaired) electrons. The van der Waals surface area contributed by atoms with Gasteiger partial charge in [0.1, 0.15) is 0 Å². The molecule has 2 heteroatoms. The second-order valence-corrected chi connectivity index (χ2v) is 4.54. The minimum atomic E-state index is -0.223. The zero-order chi connectivity index (χ0) is 13.8. The molecular weight excluding hydrogens is 246 g/mol. The van der Waals surface area contributed by atoms with E-state index in [1.165, 1.54) is 5.39 Å². The van der Waals surface area contributed by atoms with Gasteiger partial charge in [0, 0.05) is 11.8 Å². The molecule has 2 nitrogen and oxygen atoms in total. The first-order chi connectivity index (χ1) is 9.83. The van der Waals surface area contributed by atoms with Gasteiger partial charge in [0.2, 0.25) is 0 Å². The summed E-state index contributed by atoms with van der Waals surface area (Å²) in [5.41, 5.74) is 1.53. The molecule has 0 saturated carbocycles. The highest BCUT2D eigenvalue weighted by molar-refractivity contribution is 6.02. The van der Waals surface area contributed by atoms with Crippen LogP contribution in [0.1, 0.15) is 15.9 Å². The van der Waals surface area contributed by atoms with Crippen molar-refractivity contribution in [2.45, 2.75) is 0 Å². The summed E-state index contributed by atoms with van der Waals surface area (Å²) in [5.74, 6) is -0.223. The number of benzene rings is 3. The number of carbonyl (C=O) groups excluding carboxylic acids is 1. The first-order valence-electron chi connectivity index (χ1n) is 6.45. The van der Waals surface area contributed by atoms with Crippen molar-refractivity contribution in [3.8, 4) is 0 Å². The predicted octanol–water partition coefficient (Wildman–Crippen LogP) is 4.10. The Hall–Kier alpha value is -2.74. The van der Waals surface area contributed by atoms with Crippen LogP contribution in [-0.4, -0.2) is 12.1 Å². The average molecular weight is 259 g/mol. The topological polar surface area (TPSA) is 29.4 Å². The summed E-state index contributed by atoms with van der Waals surface area (Å²) in [4.78, 5) is 15.9. The van der Waals surface area contributed by atoms with Crippen molar-refractivity contribution in [1.82, 2.24) is 0 Å². The van der Waals surface area contributed by atoms with Crippen LogP contribution in [0.3, 0.4) is 0 Å². The monoisotopic (exact) mass is 259 g/mol. The lowest BCUT2D eigenvalue weighted by atomic mass is 10.1. The molecule has 3 aromatic rings. The van der Waals surface area contributed by atoms with E-state index in [9.17, 15) is 4.79 Å². The Bertz CT molecular complexity index is 776. The van der Waals surface area contributed by atoms with E-state index in [2.05, 4.69) is 11.1 Å². The van der Waals surface area contributed by atoms with Gasteiger partial charge in [0.25, 0.3) is 5.91 Å². The third-order valence-corrected chi connectivity index (χ3v) is 3.13. The van der Waals surface area contributed by atoms with Crippen molar-refractivity contribution < 1.29 is 4.79 Å². The number of aliphatic imine (C=N–C) groups is 1. The largest absolute Gasteiger partial charge is 0.276 e. The van der Waals surface area contributed by atoms with Crippen molar-refractivity contribution in [3.63, 3.8) is 0 Å². The molecule has 0 heterocycles. The number of fused-ring (bicyclic) bond motifs is 1. The fraction of sp³-hybridized carbons (Fsp3) is 0. The highest BCUT2D eigenvalue weighted by atomic mass is 16.1. The number of carbonyl (C=O) groups is 1. The lowest BCUT2D eigenvalue weighted by Crippen LogP contribution is -1.95. The van der Waals surface area contributed by atoms with E-state index in [1.807, 2.05) is 54.6 Å². The van der Waals surface area contributed by atoms with E-state index in [0.29, 0.717) is 5.56 Å². The zero-order valence-corrected chi connectivity index (χ0v) is 10.9. The molecule has 96 valence electrons. The summed E-state index contributed by atoms with van der Waals surface area (Å²) in [6.45, 7) is 0. The van der Waals surface area contributed by atoms with E-state index in [4.69, 9.17) is 0 Å². The molecule has 0 unspecified atom stereocenters. The molecule has 0 aromatic heterocycles. The van der Waals surface area contributed by atoms with E-state index in [-0.39, 0.29) is 5.91 Å². The highest BCUT2D eigenvalue weighted by Gasteiger charge is 2.01. The minimum Gasteiger partial charge on any atom is -0.267 e. The van der Waals surface area contributed by atoms with E-state index < -0.39 is 0 Å². The first-order valence-corrected chi connectivity index (χ1v) is 6.45. The van der Waals surface area contributed by atoms with Crippen molar-refractivity contribution in [2.24, 2.45) is 4.99 Å². The summed E-state index contributed by atoms with van der Waals surface area (Å²) in [5, 5.41) is 2.32. The van der Waals surface area contributed by atoms with Gasteiger partial charge in [-0.15, -0.1) is 0 Å². The molecule has 0 aliphatic carbocycles. The molecule has 3 rings (SSSR count). The van der Waals surface area contributed by atoms with Crippen LogP contribution in [0.5, 0.6) is 0 Å². The third-order valence-electron chi connectivity index (χ3n) is 3.13. The SMILES string of the molecule is O=C(N=Cc1ccc2ccccc2c1)c1ccccc1. The minimum absolute atomic E-state index is 0.223. The maximum Gasteiger partial charge on any atom is 0.276 e. The molecule has 0 spiro atoms. The van der Waals surface area contributed by atoms with Gasteiger partial charge in [-0.1, -0.05) is 54.6 Å². The van der Waals surface area contributed by atoms with Crippen LogP contribution < -0.4 is 0 Å². The number of rotatable bonds is 2. The molecule has 0 aliphatic heterocycles. The molecule has 0 N–H and O–H groups in total. The van der Waals surface area contributed by atoms with Gasteiger partial charge in [-0.05, 0) is 34.5 Å². The summed E-state index contributed by atoms with van der Waals surface area (Å²) in [6.07, 6.45) is 1.61. The molecule has 20 heavy (non-hydrogen) atoms. The zero-order valence-electron chi connectivity index (χ0n) is 10.9. The maximum absolute atomic E-state index is 11.9. The standard InChI is InChI=1S/C18H13NO/c20-18(16-7-2-1-3-8-16)19-13-14-10-11-15-6-4-5-9-17(15)12-14/h1-13H. The number of hydrogen-bond acceptors (Lipinski definition) is 1. The fourth-order valence-electron chi connectivity index (χ4n) is 2.08. The van der Waals surface area contributed by atoms with Crippen molar-refractivity contribution in [3.05, 3.63) is 83.9 Å². The lowest BCUT2D eigenvalue weighted by Gasteiger charge is -1.99. The summed E-state index contributed by atoms with van der Waals surface area (Å²) in [7, 11) is 0. The van der Waals surface area contributed by atoms with Crippen LogP contribution in [-0.2, 0) is 0 Å². The Balaban J connectivity index is 1.85.